The van der Waals surface area contributed by atoms with Gasteiger partial charge in [0.05, 0.1) is 5.52 Å². The number of carbonyl (C=O) groups is 1. The van der Waals surface area contributed by atoms with Crippen LogP contribution in [0, 0.1) is 0 Å². The molecule has 23 heavy (non-hydrogen) atoms. The van der Waals surface area contributed by atoms with E-state index < -0.39 is 0 Å². The van der Waals surface area contributed by atoms with Crippen LogP contribution < -0.4 is 5.46 Å². The van der Waals surface area contributed by atoms with E-state index >= 15 is 0 Å². The second-order valence-corrected chi connectivity index (χ2v) is 6.76. The van der Waals surface area contributed by atoms with Crippen molar-refractivity contribution in [2.75, 3.05) is 6.54 Å². The number of aromatic nitrogens is 3. The van der Waals surface area contributed by atoms with Gasteiger partial charge < -0.3 is 4.90 Å². The highest BCUT2D eigenvalue weighted by Crippen LogP contribution is 2.19. The molecule has 1 amide bonds. The molecule has 3 aromatic rings. The third-order valence-corrected chi connectivity index (χ3v) is 4.58. The number of nitrogens with zero attached hydrogens (tertiary/aromatic N) is 4. The summed E-state index contributed by atoms with van der Waals surface area (Å²) in [4.78, 5) is 19.1. The van der Waals surface area contributed by atoms with Gasteiger partial charge in [-0.05, 0) is 39.7 Å². The molecule has 0 saturated heterocycles. The predicted octanol–water partition coefficient (Wildman–Crippen LogP) is 0.949. The number of carbonyl (C=O) groups excluding carboxylic acids is 1. The maximum absolute atomic E-state index is 12.8. The van der Waals surface area contributed by atoms with Crippen molar-refractivity contribution < 1.29 is 4.79 Å². The van der Waals surface area contributed by atoms with Crippen LogP contribution in [0.5, 0.6) is 0 Å². The zero-order chi connectivity index (χ0) is 16.0. The first-order chi connectivity index (χ1) is 11.1. The monoisotopic (exact) mass is 368 g/mol. The summed E-state index contributed by atoms with van der Waals surface area (Å²) >= 11 is 3.42. The molecule has 1 aliphatic heterocycles. The van der Waals surface area contributed by atoms with E-state index in [4.69, 9.17) is 0 Å². The Morgan fingerprint density at radius 3 is 3.04 bits per heavy atom. The SMILES string of the molecule is Bc1cnc2c(c1)CN(C(=O)c1cc3ccc(Br)cn3n1)CC2. The Bertz CT molecular complexity index is 924. The van der Waals surface area contributed by atoms with E-state index in [-0.39, 0.29) is 5.91 Å². The Kier molecular flexibility index (Phi) is 3.45. The third-order valence-electron chi connectivity index (χ3n) is 4.11. The fourth-order valence-corrected chi connectivity index (χ4v) is 3.27. The molecule has 5 nitrogen and oxygen atoms in total. The van der Waals surface area contributed by atoms with Gasteiger partial charge in [0.15, 0.2) is 5.69 Å². The molecule has 0 spiro atoms. The highest BCUT2D eigenvalue weighted by Gasteiger charge is 2.24. The second kappa shape index (κ2) is 5.49. The molecule has 0 saturated carbocycles. The fourth-order valence-electron chi connectivity index (χ4n) is 2.95. The highest BCUT2D eigenvalue weighted by molar-refractivity contribution is 9.10. The normalized spacial score (nSPS) is 14.0. The number of pyridine rings is 2. The van der Waals surface area contributed by atoms with Crippen LogP contribution in [0.15, 0.2) is 41.1 Å². The molecule has 0 bridgehead atoms. The molecule has 0 atom stereocenters. The molecule has 4 heterocycles. The highest BCUT2D eigenvalue weighted by atomic mass is 79.9. The number of hydrogen-bond acceptors (Lipinski definition) is 3. The van der Waals surface area contributed by atoms with Crippen molar-refractivity contribution in [1.29, 1.82) is 0 Å². The number of hydrogen-bond donors (Lipinski definition) is 0. The van der Waals surface area contributed by atoms with Gasteiger partial charge in [-0.1, -0.05) is 11.5 Å². The predicted molar refractivity (Wildman–Crippen MR) is 93.8 cm³/mol. The van der Waals surface area contributed by atoms with Crippen molar-refractivity contribution in [1.82, 2.24) is 19.5 Å². The van der Waals surface area contributed by atoms with Gasteiger partial charge >= 0.3 is 0 Å². The van der Waals surface area contributed by atoms with Crippen molar-refractivity contribution in [2.24, 2.45) is 0 Å². The Balaban J connectivity index is 1.63. The molecule has 3 aromatic heterocycles. The standard InChI is InChI=1S/C16H14BBrN4O/c17-11-5-10-8-21(4-3-14(10)19-7-11)16(23)15-6-13-2-1-12(18)9-22(13)20-15/h1-2,5-7,9H,3-4,8,17H2. The minimum absolute atomic E-state index is 0.0306. The van der Waals surface area contributed by atoms with Gasteiger partial charge in [0.2, 0.25) is 0 Å². The average Bonchev–Trinajstić information content (AvgIpc) is 2.96. The zero-order valence-corrected chi connectivity index (χ0v) is 14.2. The fraction of sp³-hybridized carbons (Fsp3) is 0.188. The molecule has 0 aliphatic carbocycles. The lowest BCUT2D eigenvalue weighted by Crippen LogP contribution is -2.37. The second-order valence-electron chi connectivity index (χ2n) is 5.84. The molecular formula is C16H14BBrN4O. The first-order valence-corrected chi connectivity index (χ1v) is 8.28. The van der Waals surface area contributed by atoms with E-state index in [1.165, 1.54) is 0 Å². The average molecular weight is 369 g/mol. The van der Waals surface area contributed by atoms with Crippen molar-refractivity contribution in [2.45, 2.75) is 13.0 Å². The number of rotatable bonds is 1. The van der Waals surface area contributed by atoms with Crippen LogP contribution in [0.2, 0.25) is 0 Å². The van der Waals surface area contributed by atoms with Gasteiger partial charge in [0.1, 0.15) is 7.85 Å². The van der Waals surface area contributed by atoms with Gasteiger partial charge in [-0.3, -0.25) is 9.78 Å². The number of amides is 1. The lowest BCUT2D eigenvalue weighted by molar-refractivity contribution is 0.0727. The smallest absolute Gasteiger partial charge is 0.274 e. The van der Waals surface area contributed by atoms with E-state index in [0.29, 0.717) is 18.8 Å². The molecular weight excluding hydrogens is 355 g/mol. The summed E-state index contributed by atoms with van der Waals surface area (Å²) in [5.41, 5.74) is 4.74. The van der Waals surface area contributed by atoms with Gasteiger partial charge in [0, 0.05) is 42.1 Å². The maximum atomic E-state index is 12.8. The Labute approximate surface area is 142 Å². The van der Waals surface area contributed by atoms with Gasteiger partial charge in [-0.15, -0.1) is 0 Å². The van der Waals surface area contributed by atoms with Crippen LogP contribution in [0.3, 0.4) is 0 Å². The summed E-state index contributed by atoms with van der Waals surface area (Å²) in [6.45, 7) is 1.28. The first-order valence-electron chi connectivity index (χ1n) is 7.49. The van der Waals surface area contributed by atoms with Crippen LogP contribution in [-0.2, 0) is 13.0 Å². The number of fused-ring (bicyclic) bond motifs is 2. The third kappa shape index (κ3) is 2.65. The van der Waals surface area contributed by atoms with E-state index in [0.717, 1.165) is 33.1 Å². The summed E-state index contributed by atoms with van der Waals surface area (Å²) in [5.74, 6) is -0.0306. The van der Waals surface area contributed by atoms with Crippen LogP contribution in [0.25, 0.3) is 5.52 Å². The molecule has 1 aliphatic rings. The Morgan fingerprint density at radius 1 is 1.30 bits per heavy atom. The quantitative estimate of drug-likeness (QED) is 0.601. The summed E-state index contributed by atoms with van der Waals surface area (Å²) in [5, 5.41) is 4.40. The van der Waals surface area contributed by atoms with Gasteiger partial charge in [-0.25, -0.2) is 4.52 Å². The molecule has 7 heteroatoms. The summed E-state index contributed by atoms with van der Waals surface area (Å²) in [6, 6.07) is 7.82. The molecule has 0 N–H and O–H groups in total. The van der Waals surface area contributed by atoms with Crippen molar-refractivity contribution in [3.8, 4) is 0 Å². The molecule has 4 rings (SSSR count). The van der Waals surface area contributed by atoms with Crippen LogP contribution in [0.4, 0.5) is 0 Å². The zero-order valence-electron chi connectivity index (χ0n) is 12.7. The largest absolute Gasteiger partial charge is 0.332 e. The van der Waals surface area contributed by atoms with E-state index in [1.54, 1.807) is 4.52 Å². The summed E-state index contributed by atoms with van der Waals surface area (Å²) < 4.78 is 2.65. The van der Waals surface area contributed by atoms with Crippen LogP contribution >= 0.6 is 15.9 Å². The van der Waals surface area contributed by atoms with E-state index in [9.17, 15) is 4.79 Å². The molecule has 0 fully saturated rings. The minimum Gasteiger partial charge on any atom is -0.332 e. The van der Waals surface area contributed by atoms with Crippen molar-refractivity contribution >= 4 is 40.7 Å². The van der Waals surface area contributed by atoms with E-state index in [2.05, 4.69) is 32.1 Å². The topological polar surface area (TPSA) is 50.5 Å². The lowest BCUT2D eigenvalue weighted by atomic mass is 9.94. The van der Waals surface area contributed by atoms with Gasteiger partial charge in [0.25, 0.3) is 5.91 Å². The van der Waals surface area contributed by atoms with Crippen molar-refractivity contribution in [3.63, 3.8) is 0 Å². The molecule has 0 aromatic carbocycles. The molecule has 114 valence electrons. The Morgan fingerprint density at radius 2 is 2.17 bits per heavy atom. The first kappa shape index (κ1) is 14.4. The van der Waals surface area contributed by atoms with Crippen molar-refractivity contribution in [3.05, 3.63) is 58.1 Å². The van der Waals surface area contributed by atoms with Crippen LogP contribution in [-0.4, -0.2) is 39.8 Å². The lowest BCUT2D eigenvalue weighted by Gasteiger charge is -2.27. The van der Waals surface area contributed by atoms with E-state index in [1.807, 2.05) is 43.3 Å². The molecule has 0 unspecified atom stereocenters. The van der Waals surface area contributed by atoms with Crippen LogP contribution in [0.1, 0.15) is 21.7 Å². The minimum atomic E-state index is -0.0306. The molecule has 0 radical (unpaired) electrons. The Hall–Kier alpha value is -2.15. The number of halogens is 1. The van der Waals surface area contributed by atoms with Gasteiger partial charge in [-0.2, -0.15) is 5.10 Å². The summed E-state index contributed by atoms with van der Waals surface area (Å²) in [7, 11) is 2.02. The maximum Gasteiger partial charge on any atom is 0.274 e. The summed E-state index contributed by atoms with van der Waals surface area (Å²) in [6.07, 6.45) is 4.53.